The van der Waals surface area contributed by atoms with E-state index in [1.54, 1.807) is 0 Å². The molecule has 3 aromatic carbocycles. The minimum atomic E-state index is 0.282. The van der Waals surface area contributed by atoms with E-state index < -0.39 is 0 Å². The van der Waals surface area contributed by atoms with Gasteiger partial charge in [0.05, 0.1) is 6.61 Å². The van der Waals surface area contributed by atoms with E-state index in [2.05, 4.69) is 76.6 Å². The van der Waals surface area contributed by atoms with Gasteiger partial charge in [0.25, 0.3) is 0 Å². The Labute approximate surface area is 188 Å². The zero-order valence-corrected chi connectivity index (χ0v) is 18.9. The Morgan fingerprint density at radius 2 is 1.67 bits per heavy atom. The average Bonchev–Trinajstić information content (AvgIpc) is 2.79. The van der Waals surface area contributed by atoms with E-state index in [1.807, 2.05) is 12.1 Å². The van der Waals surface area contributed by atoms with E-state index in [0.29, 0.717) is 11.7 Å². The van der Waals surface area contributed by atoms with Crippen molar-refractivity contribution in [1.82, 2.24) is 0 Å². The number of hydrogen-bond acceptors (Lipinski definition) is 2. The van der Waals surface area contributed by atoms with Crippen LogP contribution in [-0.2, 0) is 6.42 Å². The van der Waals surface area contributed by atoms with E-state index in [4.69, 9.17) is 4.74 Å². The summed E-state index contributed by atoms with van der Waals surface area (Å²) >= 11 is 3.47. The van der Waals surface area contributed by atoms with Gasteiger partial charge >= 0.3 is 0 Å². The molecule has 0 radical (unpaired) electrons. The lowest BCUT2D eigenvalue weighted by Gasteiger charge is -2.34. The zero-order valence-electron chi connectivity index (χ0n) is 17.3. The predicted octanol–water partition coefficient (Wildman–Crippen LogP) is 7.20. The lowest BCUT2D eigenvalue weighted by atomic mass is 9.69. The summed E-state index contributed by atoms with van der Waals surface area (Å²) in [6.45, 7) is 0.768. The van der Waals surface area contributed by atoms with E-state index in [9.17, 15) is 5.11 Å². The fourth-order valence-electron chi connectivity index (χ4n) is 4.61. The maximum Gasteiger partial charge on any atom is 0.119 e. The summed E-state index contributed by atoms with van der Waals surface area (Å²) in [6, 6.07) is 25.4. The SMILES string of the molecule is Oc1ccc2c(c1)CC[C@@H](c1ccccc1)[C@H]2c1ccc(OCCCCCBr)cc1. The third kappa shape index (κ3) is 4.89. The molecule has 0 saturated carbocycles. The number of ether oxygens (including phenoxy) is 1. The lowest BCUT2D eigenvalue weighted by Crippen LogP contribution is -2.20. The Balaban J connectivity index is 1.58. The number of hydrogen-bond donors (Lipinski definition) is 1. The minimum absolute atomic E-state index is 0.282. The van der Waals surface area contributed by atoms with E-state index in [-0.39, 0.29) is 5.92 Å². The summed E-state index contributed by atoms with van der Waals surface area (Å²) in [5, 5.41) is 11.0. The largest absolute Gasteiger partial charge is 0.508 e. The predicted molar refractivity (Wildman–Crippen MR) is 127 cm³/mol. The van der Waals surface area contributed by atoms with Crippen molar-refractivity contribution in [3.05, 3.63) is 95.1 Å². The zero-order chi connectivity index (χ0) is 20.8. The molecule has 0 unspecified atom stereocenters. The van der Waals surface area contributed by atoms with Gasteiger partial charge in [-0.2, -0.15) is 0 Å². The van der Waals surface area contributed by atoms with Crippen LogP contribution in [0.25, 0.3) is 0 Å². The number of benzene rings is 3. The van der Waals surface area contributed by atoms with Crippen molar-refractivity contribution in [2.45, 2.75) is 43.9 Å². The molecule has 0 amide bonds. The Kier molecular flexibility index (Phi) is 7.11. The molecule has 156 valence electrons. The van der Waals surface area contributed by atoms with Crippen molar-refractivity contribution in [1.29, 1.82) is 0 Å². The molecular formula is C27H29BrO2. The van der Waals surface area contributed by atoms with Crippen molar-refractivity contribution >= 4 is 15.9 Å². The lowest BCUT2D eigenvalue weighted by molar-refractivity contribution is 0.306. The molecule has 2 atom stereocenters. The number of halogens is 1. The molecule has 1 aliphatic rings. The van der Waals surface area contributed by atoms with Gasteiger partial charge in [-0.05, 0) is 84.5 Å². The number of phenolic OH excluding ortho intramolecular Hbond substituents is 1. The van der Waals surface area contributed by atoms with Gasteiger partial charge in [0.2, 0.25) is 0 Å². The van der Waals surface area contributed by atoms with Crippen molar-refractivity contribution in [3.8, 4) is 11.5 Å². The second-order valence-corrected chi connectivity index (χ2v) is 8.88. The molecule has 3 heteroatoms. The van der Waals surface area contributed by atoms with Crippen LogP contribution in [0.2, 0.25) is 0 Å². The highest BCUT2D eigenvalue weighted by Crippen LogP contribution is 2.47. The number of fused-ring (bicyclic) bond motifs is 1. The molecule has 3 aromatic rings. The van der Waals surface area contributed by atoms with Gasteiger partial charge in [0.15, 0.2) is 0 Å². The molecule has 30 heavy (non-hydrogen) atoms. The fourth-order valence-corrected chi connectivity index (χ4v) is 5.01. The van der Waals surface area contributed by atoms with E-state index in [1.165, 1.54) is 35.1 Å². The average molecular weight is 465 g/mol. The maximum absolute atomic E-state index is 9.98. The highest BCUT2D eigenvalue weighted by Gasteiger charge is 2.32. The monoisotopic (exact) mass is 464 g/mol. The van der Waals surface area contributed by atoms with Crippen LogP contribution in [0.3, 0.4) is 0 Å². The topological polar surface area (TPSA) is 29.5 Å². The molecule has 1 aliphatic carbocycles. The molecule has 0 aliphatic heterocycles. The number of phenols is 1. The van der Waals surface area contributed by atoms with Gasteiger partial charge in [0, 0.05) is 11.2 Å². The molecule has 0 bridgehead atoms. The van der Waals surface area contributed by atoms with Gasteiger partial charge in [0.1, 0.15) is 11.5 Å². The first-order valence-electron chi connectivity index (χ1n) is 10.9. The first kappa shape index (κ1) is 21.0. The quantitative estimate of drug-likeness (QED) is 0.282. The second-order valence-electron chi connectivity index (χ2n) is 8.08. The van der Waals surface area contributed by atoms with Gasteiger partial charge in [-0.3, -0.25) is 0 Å². The Morgan fingerprint density at radius 3 is 2.43 bits per heavy atom. The third-order valence-electron chi connectivity index (χ3n) is 6.10. The first-order chi connectivity index (χ1) is 14.8. The number of rotatable bonds is 8. The Hall–Kier alpha value is -2.26. The Morgan fingerprint density at radius 1 is 0.867 bits per heavy atom. The van der Waals surface area contributed by atoms with Crippen LogP contribution in [0, 0.1) is 0 Å². The van der Waals surface area contributed by atoms with Crippen LogP contribution in [0.4, 0.5) is 0 Å². The molecule has 0 spiro atoms. The summed E-state index contributed by atoms with van der Waals surface area (Å²) in [4.78, 5) is 0. The number of aryl methyl sites for hydroxylation is 1. The number of alkyl halides is 1. The summed E-state index contributed by atoms with van der Waals surface area (Å²) in [6.07, 6.45) is 5.54. The van der Waals surface area contributed by atoms with E-state index in [0.717, 1.165) is 36.9 Å². The molecule has 0 fully saturated rings. The summed E-state index contributed by atoms with van der Waals surface area (Å²) in [7, 11) is 0. The van der Waals surface area contributed by atoms with Crippen LogP contribution in [0.1, 0.15) is 59.8 Å². The van der Waals surface area contributed by atoms with Crippen LogP contribution in [0.5, 0.6) is 11.5 Å². The van der Waals surface area contributed by atoms with Crippen molar-refractivity contribution in [2.24, 2.45) is 0 Å². The maximum atomic E-state index is 9.98. The van der Waals surface area contributed by atoms with Crippen LogP contribution in [0.15, 0.2) is 72.8 Å². The molecule has 4 rings (SSSR count). The van der Waals surface area contributed by atoms with Gasteiger partial charge in [-0.15, -0.1) is 0 Å². The van der Waals surface area contributed by atoms with Crippen molar-refractivity contribution < 1.29 is 9.84 Å². The van der Waals surface area contributed by atoms with E-state index >= 15 is 0 Å². The Bertz CT molecular complexity index is 937. The molecular weight excluding hydrogens is 436 g/mol. The van der Waals surface area contributed by atoms with Crippen LogP contribution < -0.4 is 4.74 Å². The summed E-state index contributed by atoms with van der Waals surface area (Å²) in [5.74, 6) is 2.01. The standard InChI is InChI=1S/C27H29BrO2/c28-17-5-2-6-18-30-24-13-9-21(10-14-24)27-25(20-7-3-1-4-8-20)15-11-22-19-23(29)12-16-26(22)27/h1,3-4,7-10,12-14,16,19,25,27,29H,2,5-6,11,15,17-18H2/t25-,27+/m0/s1. The van der Waals surface area contributed by atoms with Crippen molar-refractivity contribution in [3.63, 3.8) is 0 Å². The molecule has 1 N–H and O–H groups in total. The van der Waals surface area contributed by atoms with Crippen molar-refractivity contribution in [2.75, 3.05) is 11.9 Å². The smallest absolute Gasteiger partial charge is 0.119 e. The van der Waals surface area contributed by atoms with Crippen LogP contribution in [-0.4, -0.2) is 17.0 Å². The highest BCUT2D eigenvalue weighted by molar-refractivity contribution is 9.09. The highest BCUT2D eigenvalue weighted by atomic mass is 79.9. The normalized spacial score (nSPS) is 18.0. The van der Waals surface area contributed by atoms with Crippen LogP contribution >= 0.6 is 15.9 Å². The molecule has 0 heterocycles. The fraction of sp³-hybridized carbons (Fsp3) is 0.333. The molecule has 0 aromatic heterocycles. The summed E-state index contributed by atoms with van der Waals surface area (Å²) < 4.78 is 5.94. The van der Waals surface area contributed by atoms with Gasteiger partial charge in [-0.1, -0.05) is 64.5 Å². The molecule has 2 nitrogen and oxygen atoms in total. The first-order valence-corrected chi connectivity index (χ1v) is 12.0. The van der Waals surface area contributed by atoms with Gasteiger partial charge < -0.3 is 9.84 Å². The summed E-state index contributed by atoms with van der Waals surface area (Å²) in [5.41, 5.74) is 5.28. The number of aromatic hydroxyl groups is 1. The van der Waals surface area contributed by atoms with Gasteiger partial charge in [-0.25, -0.2) is 0 Å². The third-order valence-corrected chi connectivity index (χ3v) is 6.66. The molecule has 0 saturated heterocycles. The minimum Gasteiger partial charge on any atom is -0.508 e. The number of unbranched alkanes of at least 4 members (excludes halogenated alkanes) is 2. The second kappa shape index (κ2) is 10.2.